The van der Waals surface area contributed by atoms with E-state index in [2.05, 4.69) is 32.9 Å². The highest BCUT2D eigenvalue weighted by Crippen LogP contribution is 2.45. The number of aryl methyl sites for hydroxylation is 1. The fraction of sp³-hybridized carbons (Fsp3) is 0.588. The van der Waals surface area contributed by atoms with E-state index in [0.717, 1.165) is 31.4 Å². The molecular weight excluding hydrogens is 236 g/mol. The van der Waals surface area contributed by atoms with Crippen molar-refractivity contribution in [1.29, 1.82) is 0 Å². The highest BCUT2D eigenvalue weighted by Gasteiger charge is 2.53. The monoisotopic (exact) mass is 260 g/mol. The summed E-state index contributed by atoms with van der Waals surface area (Å²) in [6, 6.07) is 8.31. The average Bonchev–Trinajstić information content (AvgIpc) is 2.42. The number of ether oxygens (including phenoxy) is 1. The highest BCUT2D eigenvalue weighted by atomic mass is 16.5. The molecule has 1 aliphatic rings. The summed E-state index contributed by atoms with van der Waals surface area (Å²) in [5.41, 5.74) is 1.11. The quantitative estimate of drug-likeness (QED) is 0.767. The van der Waals surface area contributed by atoms with Gasteiger partial charge in [-0.25, -0.2) is 0 Å². The van der Waals surface area contributed by atoms with Gasteiger partial charge in [-0.1, -0.05) is 39.3 Å². The third kappa shape index (κ3) is 2.54. The van der Waals surface area contributed by atoms with Gasteiger partial charge in [0, 0.05) is 6.42 Å². The Balaban J connectivity index is 2.03. The molecule has 0 bridgehead atoms. The zero-order valence-corrected chi connectivity index (χ0v) is 12.2. The van der Waals surface area contributed by atoms with Gasteiger partial charge in [0.05, 0.1) is 5.41 Å². The maximum Gasteiger partial charge on any atom is 0.146 e. The number of ketones is 1. The number of carbonyl (C=O) groups is 1. The summed E-state index contributed by atoms with van der Waals surface area (Å²) < 4.78 is 6.03. The minimum Gasteiger partial charge on any atom is -0.489 e. The minimum atomic E-state index is -0.234. The van der Waals surface area contributed by atoms with Crippen LogP contribution in [-0.4, -0.2) is 11.9 Å². The number of benzene rings is 1. The summed E-state index contributed by atoms with van der Waals surface area (Å²) >= 11 is 0. The first kappa shape index (κ1) is 14.1. The molecule has 0 amide bonds. The number of rotatable bonds is 6. The fourth-order valence-corrected chi connectivity index (χ4v) is 3.06. The van der Waals surface area contributed by atoms with Gasteiger partial charge >= 0.3 is 0 Å². The summed E-state index contributed by atoms with van der Waals surface area (Å²) in [7, 11) is 0. The van der Waals surface area contributed by atoms with Gasteiger partial charge in [-0.05, 0) is 37.0 Å². The highest BCUT2D eigenvalue weighted by molar-refractivity contribution is 5.92. The van der Waals surface area contributed by atoms with Crippen LogP contribution in [0.25, 0.3) is 0 Å². The number of carbonyl (C=O) groups excluding carboxylic acids is 1. The van der Waals surface area contributed by atoms with Crippen LogP contribution in [0.3, 0.4) is 0 Å². The average molecular weight is 260 g/mol. The van der Waals surface area contributed by atoms with E-state index in [0.29, 0.717) is 12.2 Å². The molecule has 1 aromatic rings. The molecule has 0 aromatic heterocycles. The minimum absolute atomic E-state index is 0.0621. The van der Waals surface area contributed by atoms with Crippen molar-refractivity contribution >= 4 is 5.78 Å². The van der Waals surface area contributed by atoms with Crippen LogP contribution in [0.1, 0.15) is 52.0 Å². The van der Waals surface area contributed by atoms with Gasteiger partial charge in [-0.3, -0.25) is 4.79 Å². The first-order chi connectivity index (χ1) is 9.16. The van der Waals surface area contributed by atoms with E-state index in [4.69, 9.17) is 4.74 Å². The van der Waals surface area contributed by atoms with Gasteiger partial charge in [0.15, 0.2) is 0 Å². The second-order valence-electron chi connectivity index (χ2n) is 5.49. The van der Waals surface area contributed by atoms with E-state index in [1.54, 1.807) is 0 Å². The number of hydrogen-bond acceptors (Lipinski definition) is 2. The SMILES string of the molecule is CCCc1ccc(OC2CC(=O)C2(CC)CC)cc1. The Morgan fingerprint density at radius 1 is 1.16 bits per heavy atom. The van der Waals surface area contributed by atoms with Gasteiger partial charge < -0.3 is 4.74 Å². The van der Waals surface area contributed by atoms with Crippen LogP contribution in [0.5, 0.6) is 5.75 Å². The largest absolute Gasteiger partial charge is 0.489 e. The molecule has 2 nitrogen and oxygen atoms in total. The third-order valence-corrected chi connectivity index (χ3v) is 4.54. The second-order valence-corrected chi connectivity index (χ2v) is 5.49. The molecule has 1 atom stereocenters. The van der Waals surface area contributed by atoms with E-state index >= 15 is 0 Å². The molecule has 1 aromatic carbocycles. The van der Waals surface area contributed by atoms with Crippen molar-refractivity contribution < 1.29 is 9.53 Å². The summed E-state index contributed by atoms with van der Waals surface area (Å²) in [5.74, 6) is 1.26. The Kier molecular flexibility index (Phi) is 4.28. The van der Waals surface area contributed by atoms with Crippen molar-refractivity contribution in [3.63, 3.8) is 0 Å². The van der Waals surface area contributed by atoms with E-state index in [1.165, 1.54) is 5.56 Å². The summed E-state index contributed by atoms with van der Waals surface area (Å²) in [4.78, 5) is 11.9. The molecule has 0 saturated heterocycles. The summed E-state index contributed by atoms with van der Waals surface area (Å²) in [5, 5.41) is 0. The molecule has 0 N–H and O–H groups in total. The van der Waals surface area contributed by atoms with Crippen LogP contribution >= 0.6 is 0 Å². The van der Waals surface area contributed by atoms with E-state index in [9.17, 15) is 4.79 Å². The molecule has 2 rings (SSSR count). The van der Waals surface area contributed by atoms with E-state index in [1.807, 2.05) is 12.1 Å². The lowest BCUT2D eigenvalue weighted by molar-refractivity contribution is -0.153. The van der Waals surface area contributed by atoms with Crippen LogP contribution in [0.4, 0.5) is 0 Å². The molecular formula is C17H24O2. The van der Waals surface area contributed by atoms with Crippen LogP contribution in [0, 0.1) is 5.41 Å². The lowest BCUT2D eigenvalue weighted by Crippen LogP contribution is -2.56. The van der Waals surface area contributed by atoms with E-state index in [-0.39, 0.29) is 11.5 Å². The maximum absolute atomic E-state index is 11.9. The van der Waals surface area contributed by atoms with Gasteiger partial charge in [-0.2, -0.15) is 0 Å². The normalized spacial score (nSPS) is 21.0. The zero-order chi connectivity index (χ0) is 13.9. The summed E-state index contributed by atoms with van der Waals surface area (Å²) in [6.45, 7) is 6.35. The van der Waals surface area contributed by atoms with Gasteiger partial charge in [0.2, 0.25) is 0 Å². The molecule has 0 heterocycles. The Morgan fingerprint density at radius 3 is 2.26 bits per heavy atom. The molecule has 0 spiro atoms. The predicted molar refractivity (Wildman–Crippen MR) is 77.5 cm³/mol. The Morgan fingerprint density at radius 2 is 1.79 bits per heavy atom. The van der Waals surface area contributed by atoms with Crippen molar-refractivity contribution in [3.8, 4) is 5.75 Å². The van der Waals surface area contributed by atoms with Gasteiger partial charge in [-0.15, -0.1) is 0 Å². The van der Waals surface area contributed by atoms with Crippen molar-refractivity contribution in [1.82, 2.24) is 0 Å². The van der Waals surface area contributed by atoms with Crippen LogP contribution in [-0.2, 0) is 11.2 Å². The fourth-order valence-electron chi connectivity index (χ4n) is 3.06. The van der Waals surface area contributed by atoms with Crippen molar-refractivity contribution in [3.05, 3.63) is 29.8 Å². The lowest BCUT2D eigenvalue weighted by atomic mass is 9.61. The zero-order valence-electron chi connectivity index (χ0n) is 12.2. The van der Waals surface area contributed by atoms with Crippen LogP contribution in [0.15, 0.2) is 24.3 Å². The maximum atomic E-state index is 11.9. The van der Waals surface area contributed by atoms with Crippen molar-refractivity contribution in [2.75, 3.05) is 0 Å². The first-order valence-electron chi connectivity index (χ1n) is 7.45. The predicted octanol–water partition coefficient (Wildman–Crippen LogP) is 4.17. The van der Waals surface area contributed by atoms with E-state index < -0.39 is 0 Å². The van der Waals surface area contributed by atoms with Crippen molar-refractivity contribution in [2.24, 2.45) is 5.41 Å². The molecule has 1 fully saturated rings. The van der Waals surface area contributed by atoms with Crippen LogP contribution in [0.2, 0.25) is 0 Å². The standard InChI is InChI=1S/C17H24O2/c1-4-7-13-8-10-14(11-9-13)19-16-12-15(18)17(16,5-2)6-3/h8-11,16H,4-7,12H2,1-3H3. The lowest BCUT2D eigenvalue weighted by Gasteiger charge is -2.46. The topological polar surface area (TPSA) is 26.3 Å². The first-order valence-corrected chi connectivity index (χ1v) is 7.45. The van der Waals surface area contributed by atoms with Gasteiger partial charge in [0.1, 0.15) is 17.6 Å². The second kappa shape index (κ2) is 5.77. The van der Waals surface area contributed by atoms with Crippen LogP contribution < -0.4 is 4.74 Å². The molecule has 0 radical (unpaired) electrons. The smallest absolute Gasteiger partial charge is 0.146 e. The molecule has 19 heavy (non-hydrogen) atoms. The van der Waals surface area contributed by atoms with Crippen molar-refractivity contribution in [2.45, 2.75) is 59.0 Å². The Bertz CT molecular complexity index is 429. The number of hydrogen-bond donors (Lipinski definition) is 0. The molecule has 1 saturated carbocycles. The Labute approximate surface area is 116 Å². The summed E-state index contributed by atoms with van der Waals surface area (Å²) in [6.07, 6.45) is 4.65. The number of Topliss-reactive ketones (excluding diaryl/α,β-unsaturated/α-hetero) is 1. The molecule has 104 valence electrons. The molecule has 0 aliphatic heterocycles. The van der Waals surface area contributed by atoms with Gasteiger partial charge in [0.25, 0.3) is 0 Å². The molecule has 1 unspecified atom stereocenters. The molecule has 1 aliphatic carbocycles. The third-order valence-electron chi connectivity index (χ3n) is 4.54. The Hall–Kier alpha value is -1.31. The molecule has 2 heteroatoms.